The molecular weight excluding hydrogens is 342 g/mol. The van der Waals surface area contributed by atoms with Crippen molar-refractivity contribution in [3.05, 3.63) is 70.6 Å². The quantitative estimate of drug-likeness (QED) is 0.699. The van der Waals surface area contributed by atoms with Crippen molar-refractivity contribution in [3.63, 3.8) is 0 Å². The van der Waals surface area contributed by atoms with E-state index in [2.05, 4.69) is 65.7 Å². The second-order valence-electron chi connectivity index (χ2n) is 7.17. The lowest BCUT2D eigenvalue weighted by Gasteiger charge is -2.37. The van der Waals surface area contributed by atoms with E-state index in [1.54, 1.807) is 11.3 Å². The molecule has 0 saturated carbocycles. The minimum atomic E-state index is -0.674. The molecule has 4 rings (SSSR count). The molecule has 0 radical (unpaired) electrons. The van der Waals surface area contributed by atoms with E-state index in [-0.39, 0.29) is 12.0 Å². The summed E-state index contributed by atoms with van der Waals surface area (Å²) in [5.74, 6) is -0.950. The molecule has 3 nitrogen and oxygen atoms in total. The van der Waals surface area contributed by atoms with E-state index in [1.165, 1.54) is 26.8 Å². The van der Waals surface area contributed by atoms with Crippen LogP contribution in [0, 0.1) is 12.8 Å². The van der Waals surface area contributed by atoms with Gasteiger partial charge in [0, 0.05) is 11.2 Å². The summed E-state index contributed by atoms with van der Waals surface area (Å²) in [6.07, 6.45) is 1.71. The van der Waals surface area contributed by atoms with Crippen LogP contribution in [0.25, 0.3) is 10.1 Å². The number of aryl methyl sites for hydroxylation is 1. The molecule has 2 atom stereocenters. The molecule has 2 heterocycles. The van der Waals surface area contributed by atoms with Gasteiger partial charge in [0.25, 0.3) is 0 Å². The molecule has 2 aromatic carbocycles. The SMILES string of the molecule is Cc1ccc(C(c2csc3ccccc23)N2CCCC(C(=O)O)C2)cc1. The number of carboxylic acid groups (broad SMARTS) is 1. The maximum atomic E-state index is 11.6. The minimum Gasteiger partial charge on any atom is -0.481 e. The number of piperidine rings is 1. The lowest BCUT2D eigenvalue weighted by Crippen LogP contribution is -2.41. The van der Waals surface area contributed by atoms with Crippen LogP contribution < -0.4 is 0 Å². The number of aliphatic carboxylic acids is 1. The Morgan fingerprint density at radius 2 is 1.96 bits per heavy atom. The molecule has 1 aliphatic rings. The summed E-state index contributed by atoms with van der Waals surface area (Å²) in [6, 6.07) is 17.3. The first-order valence-corrected chi connectivity index (χ1v) is 10.0. The maximum Gasteiger partial charge on any atom is 0.307 e. The Hall–Kier alpha value is -2.17. The molecule has 1 aliphatic heterocycles. The third kappa shape index (κ3) is 3.27. The van der Waals surface area contributed by atoms with Crippen molar-refractivity contribution in [2.75, 3.05) is 13.1 Å². The Balaban J connectivity index is 1.79. The molecule has 4 heteroatoms. The van der Waals surface area contributed by atoms with Crippen molar-refractivity contribution in [2.24, 2.45) is 5.92 Å². The number of likely N-dealkylation sites (tertiary alicyclic amines) is 1. The van der Waals surface area contributed by atoms with Crippen molar-refractivity contribution >= 4 is 27.4 Å². The third-order valence-corrected chi connectivity index (χ3v) is 6.35. The van der Waals surface area contributed by atoms with E-state index >= 15 is 0 Å². The fraction of sp³-hybridized carbons (Fsp3) is 0.318. The van der Waals surface area contributed by atoms with Crippen LogP contribution in [0.15, 0.2) is 53.9 Å². The molecule has 1 fully saturated rings. The van der Waals surface area contributed by atoms with Crippen LogP contribution in [0.2, 0.25) is 0 Å². The Labute approximate surface area is 157 Å². The molecule has 0 amide bonds. The number of carboxylic acids is 1. The van der Waals surface area contributed by atoms with Crippen molar-refractivity contribution in [3.8, 4) is 0 Å². The van der Waals surface area contributed by atoms with Gasteiger partial charge in [-0.3, -0.25) is 9.69 Å². The van der Waals surface area contributed by atoms with Gasteiger partial charge in [0.1, 0.15) is 0 Å². The Morgan fingerprint density at radius 3 is 2.73 bits per heavy atom. The monoisotopic (exact) mass is 365 g/mol. The van der Waals surface area contributed by atoms with Gasteiger partial charge in [-0.1, -0.05) is 48.0 Å². The van der Waals surface area contributed by atoms with E-state index in [0.29, 0.717) is 6.54 Å². The zero-order valence-corrected chi connectivity index (χ0v) is 15.7. The first kappa shape index (κ1) is 17.3. The molecule has 26 heavy (non-hydrogen) atoms. The van der Waals surface area contributed by atoms with Crippen LogP contribution in [-0.4, -0.2) is 29.1 Å². The molecular formula is C22H23NO2S. The predicted molar refractivity (Wildman–Crippen MR) is 107 cm³/mol. The van der Waals surface area contributed by atoms with Gasteiger partial charge in [-0.15, -0.1) is 11.3 Å². The van der Waals surface area contributed by atoms with Gasteiger partial charge in [-0.25, -0.2) is 0 Å². The zero-order valence-electron chi connectivity index (χ0n) is 14.9. The number of thiophene rings is 1. The first-order valence-electron chi connectivity index (χ1n) is 9.13. The fourth-order valence-electron chi connectivity index (χ4n) is 3.99. The predicted octanol–water partition coefficient (Wildman–Crippen LogP) is 5.10. The van der Waals surface area contributed by atoms with Gasteiger partial charge in [-0.05, 0) is 54.3 Å². The molecule has 2 unspecified atom stereocenters. The van der Waals surface area contributed by atoms with E-state index in [0.717, 1.165) is 19.4 Å². The molecule has 3 aromatic rings. The average Bonchev–Trinajstić information content (AvgIpc) is 3.08. The Kier molecular flexibility index (Phi) is 4.79. The highest BCUT2D eigenvalue weighted by Crippen LogP contribution is 2.39. The van der Waals surface area contributed by atoms with Gasteiger partial charge < -0.3 is 5.11 Å². The van der Waals surface area contributed by atoms with Crippen LogP contribution in [0.4, 0.5) is 0 Å². The van der Waals surface area contributed by atoms with Crippen molar-refractivity contribution < 1.29 is 9.90 Å². The van der Waals surface area contributed by atoms with Gasteiger partial charge in [-0.2, -0.15) is 0 Å². The fourth-order valence-corrected chi connectivity index (χ4v) is 4.97. The van der Waals surface area contributed by atoms with Crippen LogP contribution in [0.1, 0.15) is 35.6 Å². The molecule has 1 aromatic heterocycles. The van der Waals surface area contributed by atoms with Crippen molar-refractivity contribution in [1.82, 2.24) is 4.90 Å². The molecule has 0 aliphatic carbocycles. The number of benzene rings is 2. The largest absolute Gasteiger partial charge is 0.481 e. The van der Waals surface area contributed by atoms with Crippen LogP contribution in [-0.2, 0) is 4.79 Å². The third-order valence-electron chi connectivity index (χ3n) is 5.37. The van der Waals surface area contributed by atoms with Gasteiger partial charge in [0.15, 0.2) is 0 Å². The van der Waals surface area contributed by atoms with Crippen molar-refractivity contribution in [1.29, 1.82) is 0 Å². The smallest absolute Gasteiger partial charge is 0.307 e. The van der Waals surface area contributed by atoms with E-state index < -0.39 is 5.97 Å². The standard InChI is InChI=1S/C22H23NO2S/c1-15-8-10-16(11-9-15)21(23-12-4-5-17(13-23)22(24)25)19-14-26-20-7-3-2-6-18(19)20/h2-3,6-11,14,17,21H,4-5,12-13H2,1H3,(H,24,25). The minimum absolute atomic E-state index is 0.105. The molecule has 1 N–H and O–H groups in total. The summed E-state index contributed by atoms with van der Waals surface area (Å²) in [7, 11) is 0. The number of hydrogen-bond donors (Lipinski definition) is 1. The van der Waals surface area contributed by atoms with Crippen LogP contribution in [0.3, 0.4) is 0 Å². The maximum absolute atomic E-state index is 11.6. The van der Waals surface area contributed by atoms with E-state index in [9.17, 15) is 9.90 Å². The highest BCUT2D eigenvalue weighted by molar-refractivity contribution is 7.17. The highest BCUT2D eigenvalue weighted by atomic mass is 32.1. The second-order valence-corrected chi connectivity index (χ2v) is 8.08. The lowest BCUT2D eigenvalue weighted by molar-refractivity contribution is -0.143. The summed E-state index contributed by atoms with van der Waals surface area (Å²) in [4.78, 5) is 13.9. The second kappa shape index (κ2) is 7.22. The number of nitrogens with zero attached hydrogens (tertiary/aromatic N) is 1. The van der Waals surface area contributed by atoms with Gasteiger partial charge >= 0.3 is 5.97 Å². The Bertz CT molecular complexity index is 915. The summed E-state index contributed by atoms with van der Waals surface area (Å²) >= 11 is 1.77. The summed E-state index contributed by atoms with van der Waals surface area (Å²) < 4.78 is 1.28. The van der Waals surface area contributed by atoms with E-state index in [4.69, 9.17) is 0 Å². The summed E-state index contributed by atoms with van der Waals surface area (Å²) in [6.45, 7) is 3.64. The van der Waals surface area contributed by atoms with Crippen molar-refractivity contribution in [2.45, 2.75) is 25.8 Å². The average molecular weight is 365 g/mol. The Morgan fingerprint density at radius 1 is 1.19 bits per heavy atom. The van der Waals surface area contributed by atoms with Gasteiger partial charge in [0.2, 0.25) is 0 Å². The number of rotatable bonds is 4. The normalized spacial score (nSPS) is 19.5. The number of fused-ring (bicyclic) bond motifs is 1. The van der Waals surface area contributed by atoms with Crippen LogP contribution in [0.5, 0.6) is 0 Å². The molecule has 134 valence electrons. The highest BCUT2D eigenvalue weighted by Gasteiger charge is 2.32. The number of hydrogen-bond acceptors (Lipinski definition) is 3. The van der Waals surface area contributed by atoms with E-state index in [1.807, 2.05) is 0 Å². The zero-order chi connectivity index (χ0) is 18.1. The summed E-state index contributed by atoms with van der Waals surface area (Å²) in [5, 5.41) is 13.1. The molecule has 1 saturated heterocycles. The van der Waals surface area contributed by atoms with Gasteiger partial charge in [0.05, 0.1) is 12.0 Å². The number of carbonyl (C=O) groups is 1. The first-order chi connectivity index (χ1) is 12.6. The molecule has 0 bridgehead atoms. The lowest BCUT2D eigenvalue weighted by atomic mass is 9.91. The topological polar surface area (TPSA) is 40.5 Å². The van der Waals surface area contributed by atoms with Crippen LogP contribution >= 0.6 is 11.3 Å². The molecule has 0 spiro atoms. The summed E-state index contributed by atoms with van der Waals surface area (Å²) in [5.41, 5.74) is 3.77.